The second kappa shape index (κ2) is 7.88. The summed E-state index contributed by atoms with van der Waals surface area (Å²) in [6, 6.07) is 7.86. The van der Waals surface area contributed by atoms with E-state index in [2.05, 4.69) is 46.0 Å². The van der Waals surface area contributed by atoms with Gasteiger partial charge >= 0.3 is 7.12 Å². The number of carbonyl (C=O) groups is 1. The van der Waals surface area contributed by atoms with E-state index in [1.54, 1.807) is 0 Å². The van der Waals surface area contributed by atoms with Gasteiger partial charge in [-0.25, -0.2) is 0 Å². The van der Waals surface area contributed by atoms with Crippen LogP contribution in [0, 0.1) is 5.41 Å². The highest BCUT2D eigenvalue weighted by Gasteiger charge is 2.36. The molecular weight excluding hydrogens is 349 g/mol. The normalized spacial score (nSPS) is 20.1. The van der Waals surface area contributed by atoms with Gasteiger partial charge < -0.3 is 14.6 Å². The third kappa shape index (κ3) is 4.76. The number of hydrogen-bond donors (Lipinski definition) is 1. The topological polar surface area (TPSA) is 47.6 Å². The molecule has 2 aliphatic rings. The van der Waals surface area contributed by atoms with Crippen molar-refractivity contribution in [2.24, 2.45) is 5.41 Å². The SMILES string of the molecule is CC1=C(B2OCC(C)(C)CO2)CCC=C1NC(=O)c1ccc(C(C)(C)C)cc1. The lowest BCUT2D eigenvalue weighted by atomic mass is 9.69. The van der Waals surface area contributed by atoms with Crippen LogP contribution in [0.1, 0.15) is 70.3 Å². The zero-order valence-corrected chi connectivity index (χ0v) is 18.0. The fourth-order valence-corrected chi connectivity index (χ4v) is 3.53. The van der Waals surface area contributed by atoms with E-state index in [1.807, 2.05) is 31.2 Å². The zero-order valence-electron chi connectivity index (χ0n) is 18.0. The second-order valence-corrected chi connectivity index (χ2v) is 9.71. The maximum Gasteiger partial charge on any atom is 0.489 e. The van der Waals surface area contributed by atoms with E-state index in [1.165, 1.54) is 5.56 Å². The Labute approximate surface area is 169 Å². The summed E-state index contributed by atoms with van der Waals surface area (Å²) in [4.78, 5) is 12.8. The zero-order chi connectivity index (χ0) is 20.5. The van der Waals surface area contributed by atoms with Crippen LogP contribution in [0.5, 0.6) is 0 Å². The van der Waals surface area contributed by atoms with Crippen molar-refractivity contribution >= 4 is 13.0 Å². The number of hydrogen-bond acceptors (Lipinski definition) is 3. The summed E-state index contributed by atoms with van der Waals surface area (Å²) in [7, 11) is -0.306. The number of amides is 1. The summed E-state index contributed by atoms with van der Waals surface area (Å²) in [5.41, 5.74) is 5.06. The van der Waals surface area contributed by atoms with E-state index < -0.39 is 0 Å². The first-order chi connectivity index (χ1) is 13.1. The van der Waals surface area contributed by atoms with Gasteiger partial charge in [0.05, 0.1) is 0 Å². The van der Waals surface area contributed by atoms with Gasteiger partial charge in [0.1, 0.15) is 0 Å². The largest absolute Gasteiger partial charge is 0.489 e. The maximum absolute atomic E-state index is 12.8. The van der Waals surface area contributed by atoms with Crippen molar-refractivity contribution in [3.05, 3.63) is 58.2 Å². The molecule has 0 atom stereocenters. The molecule has 150 valence electrons. The Bertz CT molecular complexity index is 790. The molecule has 1 N–H and O–H groups in total. The first-order valence-electron chi connectivity index (χ1n) is 10.1. The summed E-state index contributed by atoms with van der Waals surface area (Å²) in [6.07, 6.45) is 3.86. The Morgan fingerprint density at radius 1 is 1.11 bits per heavy atom. The monoisotopic (exact) mass is 381 g/mol. The molecule has 0 aromatic heterocycles. The molecule has 1 aromatic rings. The lowest BCUT2D eigenvalue weighted by molar-refractivity contribution is 0.0316. The van der Waals surface area contributed by atoms with Crippen LogP contribution < -0.4 is 5.32 Å². The molecule has 1 aliphatic heterocycles. The Hall–Kier alpha value is -1.85. The van der Waals surface area contributed by atoms with Crippen molar-refractivity contribution in [1.29, 1.82) is 0 Å². The van der Waals surface area contributed by atoms with E-state index in [9.17, 15) is 4.79 Å². The fraction of sp³-hybridized carbons (Fsp3) is 0.522. The smallest absolute Gasteiger partial charge is 0.407 e. The van der Waals surface area contributed by atoms with Gasteiger partial charge in [-0.15, -0.1) is 0 Å². The molecule has 1 aromatic carbocycles. The average molecular weight is 381 g/mol. The molecule has 0 spiro atoms. The van der Waals surface area contributed by atoms with Gasteiger partial charge in [-0.2, -0.15) is 0 Å². The van der Waals surface area contributed by atoms with Crippen molar-refractivity contribution in [3.8, 4) is 0 Å². The average Bonchev–Trinajstić information content (AvgIpc) is 2.63. The molecule has 3 rings (SSSR count). The minimum absolute atomic E-state index is 0.0474. The molecule has 28 heavy (non-hydrogen) atoms. The van der Waals surface area contributed by atoms with Crippen LogP contribution in [-0.4, -0.2) is 26.2 Å². The summed E-state index contributed by atoms with van der Waals surface area (Å²) in [5, 5.41) is 3.08. The van der Waals surface area contributed by atoms with Crippen molar-refractivity contribution in [3.63, 3.8) is 0 Å². The number of carbonyl (C=O) groups excluding carboxylic acids is 1. The number of nitrogens with one attached hydrogen (secondary N) is 1. The van der Waals surface area contributed by atoms with Crippen molar-refractivity contribution in [2.45, 2.75) is 59.8 Å². The Morgan fingerprint density at radius 2 is 1.71 bits per heavy atom. The highest BCUT2D eigenvalue weighted by molar-refractivity contribution is 6.54. The van der Waals surface area contributed by atoms with Crippen LogP contribution in [0.25, 0.3) is 0 Å². The van der Waals surface area contributed by atoms with Crippen LogP contribution in [0.2, 0.25) is 0 Å². The molecule has 0 radical (unpaired) electrons. The lowest BCUT2D eigenvalue weighted by Gasteiger charge is -2.35. The number of benzene rings is 1. The van der Waals surface area contributed by atoms with Crippen molar-refractivity contribution < 1.29 is 14.1 Å². The summed E-state index contributed by atoms with van der Waals surface area (Å²) in [5.74, 6) is -0.0843. The fourth-order valence-electron chi connectivity index (χ4n) is 3.53. The van der Waals surface area contributed by atoms with Gasteiger partial charge in [-0.3, -0.25) is 4.79 Å². The first-order valence-corrected chi connectivity index (χ1v) is 10.1. The highest BCUT2D eigenvalue weighted by Crippen LogP contribution is 2.31. The van der Waals surface area contributed by atoms with Crippen LogP contribution in [0.15, 0.2) is 47.1 Å². The Kier molecular flexibility index (Phi) is 5.88. The van der Waals surface area contributed by atoms with Gasteiger partial charge in [0.25, 0.3) is 5.91 Å². The first kappa shape index (κ1) is 20.9. The quantitative estimate of drug-likeness (QED) is 0.765. The maximum atomic E-state index is 12.8. The molecule has 1 heterocycles. The van der Waals surface area contributed by atoms with Crippen LogP contribution in [0.3, 0.4) is 0 Å². The molecule has 1 aliphatic carbocycles. The molecule has 0 unspecified atom stereocenters. The standard InChI is InChI=1S/C23H32BNO3/c1-16-19(24-27-14-23(5,6)15-28-24)8-7-9-20(16)25-21(26)17-10-12-18(13-11-17)22(2,3)4/h9-13H,7-8,14-15H2,1-6H3,(H,25,26). The Balaban J connectivity index is 1.70. The van der Waals surface area contributed by atoms with E-state index in [0.29, 0.717) is 18.8 Å². The number of rotatable bonds is 3. The predicted molar refractivity (Wildman–Crippen MR) is 114 cm³/mol. The van der Waals surface area contributed by atoms with Gasteiger partial charge in [0.2, 0.25) is 0 Å². The lowest BCUT2D eigenvalue weighted by Crippen LogP contribution is -2.42. The van der Waals surface area contributed by atoms with Gasteiger partial charge in [-0.1, -0.05) is 52.8 Å². The van der Waals surface area contributed by atoms with E-state index in [-0.39, 0.29) is 23.9 Å². The van der Waals surface area contributed by atoms with Gasteiger partial charge in [0.15, 0.2) is 0 Å². The molecule has 0 bridgehead atoms. The molecular formula is C23H32BNO3. The molecule has 5 heteroatoms. The predicted octanol–water partition coefficient (Wildman–Crippen LogP) is 4.81. The van der Waals surface area contributed by atoms with E-state index in [4.69, 9.17) is 9.31 Å². The Morgan fingerprint density at radius 3 is 2.29 bits per heavy atom. The minimum Gasteiger partial charge on any atom is -0.407 e. The van der Waals surface area contributed by atoms with Crippen molar-refractivity contribution in [1.82, 2.24) is 5.32 Å². The minimum atomic E-state index is -0.306. The molecule has 1 fully saturated rings. The van der Waals surface area contributed by atoms with Crippen molar-refractivity contribution in [2.75, 3.05) is 13.2 Å². The summed E-state index contributed by atoms with van der Waals surface area (Å²) < 4.78 is 11.9. The van der Waals surface area contributed by atoms with Crippen LogP contribution in [-0.2, 0) is 14.7 Å². The summed E-state index contributed by atoms with van der Waals surface area (Å²) in [6.45, 7) is 14.2. The molecule has 0 saturated carbocycles. The molecule has 1 amide bonds. The van der Waals surface area contributed by atoms with Gasteiger partial charge in [0, 0.05) is 29.9 Å². The third-order valence-electron chi connectivity index (χ3n) is 5.44. The second-order valence-electron chi connectivity index (χ2n) is 9.71. The molecule has 1 saturated heterocycles. The third-order valence-corrected chi connectivity index (χ3v) is 5.44. The van der Waals surface area contributed by atoms with Crippen LogP contribution >= 0.6 is 0 Å². The highest BCUT2D eigenvalue weighted by atomic mass is 16.6. The van der Waals surface area contributed by atoms with E-state index in [0.717, 1.165) is 29.6 Å². The van der Waals surface area contributed by atoms with Gasteiger partial charge in [-0.05, 0) is 53.9 Å². The van der Waals surface area contributed by atoms with Crippen LogP contribution in [0.4, 0.5) is 0 Å². The van der Waals surface area contributed by atoms with E-state index >= 15 is 0 Å². The molecule has 4 nitrogen and oxygen atoms in total. The summed E-state index contributed by atoms with van der Waals surface area (Å²) >= 11 is 0. The number of allylic oxidation sites excluding steroid dienone is 3.